The highest BCUT2D eigenvalue weighted by atomic mass is 32.2. The summed E-state index contributed by atoms with van der Waals surface area (Å²) in [7, 11) is -1.83. The number of carboxylic acids is 1. The number of fused-ring (bicyclic) bond motifs is 3. The average Bonchev–Trinajstić information content (AvgIpc) is 4.15. The van der Waals surface area contributed by atoms with Crippen LogP contribution in [0.15, 0.2) is 41.8 Å². The molecule has 4 heterocycles. The van der Waals surface area contributed by atoms with Gasteiger partial charge in [-0.3, -0.25) is 9.59 Å². The number of anilines is 1. The third kappa shape index (κ3) is 12.1. The van der Waals surface area contributed by atoms with Crippen molar-refractivity contribution in [3.05, 3.63) is 41.8 Å². The standard InChI is InChI=1S/C47H65N7O9S2/c1-5-6-7-9-13-16-31(28-65(60,61)34-19-20-34)49-45(59)51-36-17-14-11-8-10-12-15-30-25-47(30,44(57)58)53-42(55)40-23-33(26-54(40)43(36)56)63-41-24-38(39-27-64-46(52-39)48-29(2)3)50-37-22-32(62-4)18-21-35(37)41/h12,15,18,21-22,24,27,29-31,33-34,36,40H,5-11,13-14,16-17,19-20,23,25-26,28H2,1-4H3,(H,48,52)(H,53,55)(H,57,58)(H2,49,51,59)/b15-12-/t30?,31-,33+,36-,40-,47+/m0/s1. The summed E-state index contributed by atoms with van der Waals surface area (Å²) >= 11 is 1.45. The number of carbonyl (C=O) groups is 4. The minimum Gasteiger partial charge on any atom is -0.497 e. The van der Waals surface area contributed by atoms with Crippen LogP contribution < -0.4 is 30.7 Å². The van der Waals surface area contributed by atoms with E-state index >= 15 is 0 Å². The fourth-order valence-corrected chi connectivity index (χ4v) is 11.8. The number of unbranched alkanes of at least 4 members (excludes halogenated alkanes) is 4. The van der Waals surface area contributed by atoms with E-state index in [9.17, 15) is 32.7 Å². The topological polar surface area (TPSA) is 218 Å². The molecule has 2 aromatic heterocycles. The molecule has 3 aromatic rings. The lowest BCUT2D eigenvalue weighted by atomic mass is 10.0. The van der Waals surface area contributed by atoms with Crippen LogP contribution in [0.5, 0.6) is 11.5 Å². The Morgan fingerprint density at radius 1 is 1.05 bits per heavy atom. The SMILES string of the molecule is CCCCCCC[C@@H](CS(=O)(=O)C1CC1)NC(=O)N[C@H]1CCCCC/C=C\C2C[C@@]2(C(=O)O)NC(=O)[C@@H]2C[C@@H](Oc3cc(-c4csc(NC(C)C)n4)nc4cc(OC)ccc34)CN2C1=O. The van der Waals surface area contributed by atoms with E-state index in [2.05, 4.69) is 28.2 Å². The smallest absolute Gasteiger partial charge is 0.330 e. The van der Waals surface area contributed by atoms with Gasteiger partial charge in [-0.05, 0) is 70.9 Å². The van der Waals surface area contributed by atoms with Crippen molar-refractivity contribution in [3.8, 4) is 22.9 Å². The third-order valence-electron chi connectivity index (χ3n) is 12.8. The highest BCUT2D eigenvalue weighted by Gasteiger charge is 2.61. The van der Waals surface area contributed by atoms with E-state index in [1.165, 1.54) is 16.2 Å². The summed E-state index contributed by atoms with van der Waals surface area (Å²) in [6, 6.07) is 3.94. The lowest BCUT2D eigenvalue weighted by Crippen LogP contribution is -2.57. The minimum absolute atomic E-state index is 0.0331. The number of allylic oxidation sites excluding steroid dienone is 1. The highest BCUT2D eigenvalue weighted by Crippen LogP contribution is 2.46. The normalized spacial score (nSPS) is 24.8. The number of amides is 4. The fourth-order valence-electron chi connectivity index (χ4n) is 8.98. The molecule has 2 aliphatic carbocycles. The van der Waals surface area contributed by atoms with Crippen LogP contribution in [0.2, 0.25) is 0 Å². The lowest BCUT2D eigenvalue weighted by Gasteiger charge is -2.30. The van der Waals surface area contributed by atoms with Crippen LogP contribution in [0.1, 0.15) is 117 Å². The number of benzene rings is 1. The number of hydrogen-bond donors (Lipinski definition) is 5. The second kappa shape index (κ2) is 21.1. The van der Waals surface area contributed by atoms with Crippen molar-refractivity contribution in [2.45, 2.75) is 158 Å². The monoisotopic (exact) mass is 935 g/mol. The zero-order chi connectivity index (χ0) is 46.3. The van der Waals surface area contributed by atoms with Gasteiger partial charge in [-0.25, -0.2) is 28.0 Å². The number of aromatic nitrogens is 2. The van der Waals surface area contributed by atoms with Crippen LogP contribution in [0.25, 0.3) is 22.3 Å². The number of methoxy groups -OCH3 is 1. The van der Waals surface area contributed by atoms with E-state index in [1.54, 1.807) is 25.3 Å². The number of nitrogens with zero attached hydrogens (tertiary/aromatic N) is 3. The number of carbonyl (C=O) groups excluding carboxylic acids is 3. The van der Waals surface area contributed by atoms with Gasteiger partial charge < -0.3 is 40.7 Å². The van der Waals surface area contributed by atoms with Crippen LogP contribution in [0, 0.1) is 5.92 Å². The molecule has 16 nitrogen and oxygen atoms in total. The minimum atomic E-state index is -3.40. The van der Waals surface area contributed by atoms with Gasteiger partial charge >= 0.3 is 12.0 Å². The summed E-state index contributed by atoms with van der Waals surface area (Å²) in [6.45, 7) is 6.15. The number of rotatable bonds is 18. The molecule has 354 valence electrons. The molecule has 0 radical (unpaired) electrons. The molecule has 3 fully saturated rings. The number of sulfone groups is 1. The first-order valence-corrected chi connectivity index (χ1v) is 26.0. The Morgan fingerprint density at radius 2 is 1.85 bits per heavy atom. The summed E-state index contributed by atoms with van der Waals surface area (Å²) < 4.78 is 38.6. The Bertz CT molecular complexity index is 2330. The molecule has 0 bridgehead atoms. The van der Waals surface area contributed by atoms with Crippen molar-refractivity contribution in [1.82, 2.24) is 30.8 Å². The maximum Gasteiger partial charge on any atom is 0.330 e. The lowest BCUT2D eigenvalue weighted by molar-refractivity contribution is -0.145. The zero-order valence-corrected chi connectivity index (χ0v) is 39.6. The summed E-state index contributed by atoms with van der Waals surface area (Å²) in [5.74, 6) is -1.79. The van der Waals surface area contributed by atoms with Crippen molar-refractivity contribution in [2.75, 3.05) is 24.7 Å². The van der Waals surface area contributed by atoms with E-state index in [0.29, 0.717) is 65.9 Å². The Balaban J connectivity index is 1.17. The van der Waals surface area contributed by atoms with Gasteiger partial charge in [-0.15, -0.1) is 11.3 Å². The molecule has 18 heteroatoms. The first-order valence-electron chi connectivity index (χ1n) is 23.4. The zero-order valence-electron chi connectivity index (χ0n) is 38.0. The highest BCUT2D eigenvalue weighted by molar-refractivity contribution is 7.92. The predicted octanol–water partition coefficient (Wildman–Crippen LogP) is 6.99. The van der Waals surface area contributed by atoms with Crippen molar-refractivity contribution >= 4 is 61.0 Å². The van der Waals surface area contributed by atoms with Crippen molar-refractivity contribution in [3.63, 3.8) is 0 Å². The van der Waals surface area contributed by atoms with Crippen LogP contribution >= 0.6 is 11.3 Å². The summed E-state index contributed by atoms with van der Waals surface area (Å²) in [5.41, 5.74) is 0.258. The Kier molecular flexibility index (Phi) is 15.6. The first kappa shape index (κ1) is 48.0. The molecule has 4 aliphatic rings. The molecular formula is C47H65N7O9S2. The van der Waals surface area contributed by atoms with Gasteiger partial charge in [-0.1, -0.05) is 64.0 Å². The van der Waals surface area contributed by atoms with Gasteiger partial charge in [0.25, 0.3) is 0 Å². The number of ether oxygens (including phenoxy) is 2. The molecule has 0 spiro atoms. The number of hydrogen-bond acceptors (Lipinski definition) is 12. The molecule has 7 rings (SSSR count). The largest absolute Gasteiger partial charge is 0.497 e. The second-order valence-corrected chi connectivity index (χ2v) is 21.6. The second-order valence-electron chi connectivity index (χ2n) is 18.4. The maximum absolute atomic E-state index is 14.9. The van der Waals surface area contributed by atoms with E-state index in [1.807, 2.05) is 37.4 Å². The molecular weight excluding hydrogens is 871 g/mol. The molecule has 6 atom stereocenters. The van der Waals surface area contributed by atoms with Crippen molar-refractivity contribution in [2.24, 2.45) is 5.92 Å². The van der Waals surface area contributed by atoms with Gasteiger partial charge in [0.1, 0.15) is 40.9 Å². The van der Waals surface area contributed by atoms with E-state index in [-0.39, 0.29) is 42.9 Å². The summed E-state index contributed by atoms with van der Waals surface area (Å²) in [5, 5.41) is 25.3. The third-order valence-corrected chi connectivity index (χ3v) is 16.0. The van der Waals surface area contributed by atoms with Crippen LogP contribution in [0.4, 0.5) is 9.93 Å². The Hall–Kier alpha value is -4.97. The number of carboxylic acid groups (broad SMARTS) is 1. The number of aliphatic carboxylic acids is 1. The van der Waals surface area contributed by atoms with E-state index in [4.69, 9.17) is 19.4 Å². The quantitative estimate of drug-likeness (QED) is 0.0644. The van der Waals surface area contributed by atoms with Gasteiger partial charge in [0.05, 0.1) is 35.9 Å². The van der Waals surface area contributed by atoms with E-state index in [0.717, 1.165) is 50.1 Å². The Morgan fingerprint density at radius 3 is 2.58 bits per heavy atom. The first-order chi connectivity index (χ1) is 31.2. The number of pyridine rings is 1. The average molecular weight is 936 g/mol. The molecule has 2 aliphatic heterocycles. The molecule has 4 amide bonds. The number of urea groups is 1. The fraction of sp³-hybridized carbons (Fsp3) is 0.617. The summed E-state index contributed by atoms with van der Waals surface area (Å²) in [6.07, 6.45) is 13.1. The molecule has 1 saturated heterocycles. The maximum atomic E-state index is 14.9. The predicted molar refractivity (Wildman–Crippen MR) is 251 cm³/mol. The van der Waals surface area contributed by atoms with Crippen LogP contribution in [-0.4, -0.2) is 113 Å². The molecule has 65 heavy (non-hydrogen) atoms. The van der Waals surface area contributed by atoms with Gasteiger partial charge in [0, 0.05) is 47.3 Å². The Labute approximate surface area is 386 Å². The molecule has 2 saturated carbocycles. The van der Waals surface area contributed by atoms with E-state index < -0.39 is 69.3 Å². The van der Waals surface area contributed by atoms with Crippen molar-refractivity contribution in [1.29, 1.82) is 0 Å². The number of nitrogens with one attached hydrogen (secondary N) is 4. The van der Waals surface area contributed by atoms with Crippen molar-refractivity contribution < 1.29 is 42.2 Å². The van der Waals surface area contributed by atoms with Crippen LogP contribution in [-0.2, 0) is 24.2 Å². The van der Waals surface area contributed by atoms with Gasteiger partial charge in [-0.2, -0.15) is 0 Å². The van der Waals surface area contributed by atoms with Crippen LogP contribution in [0.3, 0.4) is 0 Å². The summed E-state index contributed by atoms with van der Waals surface area (Å²) in [4.78, 5) is 67.0. The van der Waals surface area contributed by atoms with Gasteiger partial charge in [0.2, 0.25) is 11.8 Å². The van der Waals surface area contributed by atoms with Gasteiger partial charge in [0.15, 0.2) is 15.0 Å². The molecule has 5 N–H and O–H groups in total. The molecule has 1 aromatic carbocycles. The molecule has 1 unspecified atom stereocenters. The number of thiazole rings is 1.